The van der Waals surface area contributed by atoms with Gasteiger partial charge in [0, 0.05) is 18.8 Å². The Morgan fingerprint density at radius 2 is 1.96 bits per heavy atom. The molecule has 0 N–H and O–H groups in total. The lowest BCUT2D eigenvalue weighted by atomic mass is 10.1. The summed E-state index contributed by atoms with van der Waals surface area (Å²) in [5.41, 5.74) is 0.994. The standard InChI is InChI=1S/C18H17F3N4O2S/c1-12-10-17-22-8-7-16(25(17)23-12)15-6-3-9-24(15)28(26,27)14-5-2-4-13(11-14)18(19,20)21/h2,4-5,7-8,10-11,15H,3,6,9H2,1H3/t15-/m0/s1. The lowest BCUT2D eigenvalue weighted by Gasteiger charge is -2.25. The first-order valence-electron chi connectivity index (χ1n) is 8.68. The first kappa shape index (κ1) is 18.9. The Balaban J connectivity index is 1.77. The Kier molecular flexibility index (Phi) is 4.42. The number of aromatic nitrogens is 3. The number of halogens is 3. The van der Waals surface area contributed by atoms with Crippen LogP contribution in [-0.2, 0) is 16.2 Å². The largest absolute Gasteiger partial charge is 0.416 e. The van der Waals surface area contributed by atoms with Crippen molar-refractivity contribution in [1.82, 2.24) is 18.9 Å². The molecule has 0 saturated carbocycles. The summed E-state index contributed by atoms with van der Waals surface area (Å²) in [5.74, 6) is 0. The molecule has 0 unspecified atom stereocenters. The number of alkyl halides is 3. The Bertz CT molecular complexity index is 1140. The topological polar surface area (TPSA) is 67.6 Å². The van der Waals surface area contributed by atoms with Gasteiger partial charge in [0.15, 0.2) is 5.65 Å². The van der Waals surface area contributed by atoms with Gasteiger partial charge in [0.05, 0.1) is 27.9 Å². The molecule has 28 heavy (non-hydrogen) atoms. The average molecular weight is 410 g/mol. The van der Waals surface area contributed by atoms with Crippen molar-refractivity contribution in [2.24, 2.45) is 0 Å². The van der Waals surface area contributed by atoms with Gasteiger partial charge in [-0.3, -0.25) is 0 Å². The highest BCUT2D eigenvalue weighted by Gasteiger charge is 2.39. The van der Waals surface area contributed by atoms with E-state index in [0.29, 0.717) is 30.2 Å². The van der Waals surface area contributed by atoms with E-state index in [2.05, 4.69) is 10.1 Å². The van der Waals surface area contributed by atoms with Crippen LogP contribution in [0.4, 0.5) is 13.2 Å². The van der Waals surface area contributed by atoms with Gasteiger partial charge in [-0.2, -0.15) is 22.6 Å². The first-order valence-corrected chi connectivity index (χ1v) is 10.1. The third kappa shape index (κ3) is 3.16. The van der Waals surface area contributed by atoms with Gasteiger partial charge in [0.25, 0.3) is 0 Å². The van der Waals surface area contributed by atoms with Crippen LogP contribution in [0.1, 0.15) is 35.8 Å². The van der Waals surface area contributed by atoms with Crippen LogP contribution in [0.2, 0.25) is 0 Å². The molecule has 1 aromatic carbocycles. The van der Waals surface area contributed by atoms with Gasteiger partial charge in [-0.05, 0) is 44.0 Å². The summed E-state index contributed by atoms with van der Waals surface area (Å²) in [7, 11) is -4.11. The molecule has 0 spiro atoms. The second kappa shape index (κ2) is 6.56. The minimum absolute atomic E-state index is 0.229. The number of benzene rings is 1. The normalized spacial score (nSPS) is 18.8. The van der Waals surface area contributed by atoms with Crippen LogP contribution in [0.25, 0.3) is 5.65 Å². The van der Waals surface area contributed by atoms with E-state index in [1.807, 2.05) is 6.92 Å². The first-order chi connectivity index (χ1) is 13.2. The minimum Gasteiger partial charge on any atom is -0.237 e. The van der Waals surface area contributed by atoms with Crippen molar-refractivity contribution in [3.8, 4) is 0 Å². The van der Waals surface area contributed by atoms with E-state index in [-0.39, 0.29) is 11.4 Å². The number of sulfonamides is 1. The summed E-state index contributed by atoms with van der Waals surface area (Å²) >= 11 is 0. The number of aryl methyl sites for hydroxylation is 1. The molecule has 1 aliphatic rings. The zero-order chi connectivity index (χ0) is 20.1. The molecule has 0 radical (unpaired) electrons. The molecule has 148 valence electrons. The Morgan fingerprint density at radius 3 is 2.71 bits per heavy atom. The van der Waals surface area contributed by atoms with Crippen LogP contribution in [0.5, 0.6) is 0 Å². The van der Waals surface area contributed by atoms with E-state index in [1.165, 1.54) is 10.4 Å². The van der Waals surface area contributed by atoms with Crippen LogP contribution >= 0.6 is 0 Å². The molecule has 1 atom stereocenters. The van der Waals surface area contributed by atoms with Gasteiger partial charge in [-0.25, -0.2) is 17.9 Å². The van der Waals surface area contributed by atoms with Crippen LogP contribution < -0.4 is 0 Å². The molecule has 3 aromatic rings. The minimum atomic E-state index is -4.61. The van der Waals surface area contributed by atoms with E-state index in [4.69, 9.17) is 0 Å². The highest BCUT2D eigenvalue weighted by Crippen LogP contribution is 2.38. The number of fused-ring (bicyclic) bond motifs is 1. The van der Waals surface area contributed by atoms with Crippen molar-refractivity contribution >= 4 is 15.7 Å². The average Bonchev–Trinajstić information content (AvgIpc) is 3.26. The summed E-state index contributed by atoms with van der Waals surface area (Å²) in [6.45, 7) is 2.04. The van der Waals surface area contributed by atoms with Crippen molar-refractivity contribution in [3.63, 3.8) is 0 Å². The van der Waals surface area contributed by atoms with E-state index >= 15 is 0 Å². The predicted molar refractivity (Wildman–Crippen MR) is 95.0 cm³/mol. The molecule has 1 saturated heterocycles. The SMILES string of the molecule is Cc1cc2nccc([C@@H]3CCCN3S(=O)(=O)c3cccc(C(F)(F)F)c3)n2n1. The molecular formula is C18H17F3N4O2S. The van der Waals surface area contributed by atoms with Crippen LogP contribution in [0.15, 0.2) is 47.5 Å². The Morgan fingerprint density at radius 1 is 1.18 bits per heavy atom. The molecular weight excluding hydrogens is 393 g/mol. The molecule has 0 amide bonds. The monoisotopic (exact) mass is 410 g/mol. The molecule has 1 fully saturated rings. The fourth-order valence-corrected chi connectivity index (χ4v) is 5.29. The Hall–Kier alpha value is -2.46. The Labute approximate surface area is 159 Å². The van der Waals surface area contributed by atoms with E-state index < -0.39 is 27.8 Å². The van der Waals surface area contributed by atoms with E-state index in [0.717, 1.165) is 17.8 Å². The third-order valence-electron chi connectivity index (χ3n) is 4.82. The van der Waals surface area contributed by atoms with Crippen LogP contribution in [0, 0.1) is 6.92 Å². The zero-order valence-corrected chi connectivity index (χ0v) is 15.7. The highest BCUT2D eigenvalue weighted by atomic mass is 32.2. The second-order valence-electron chi connectivity index (χ2n) is 6.72. The van der Waals surface area contributed by atoms with E-state index in [9.17, 15) is 21.6 Å². The van der Waals surface area contributed by atoms with Gasteiger partial charge in [-0.1, -0.05) is 6.07 Å². The fourth-order valence-electron chi connectivity index (χ4n) is 3.57. The number of hydrogen-bond donors (Lipinski definition) is 0. The molecule has 6 nitrogen and oxygen atoms in total. The van der Waals surface area contributed by atoms with E-state index in [1.54, 1.807) is 22.8 Å². The number of hydrogen-bond acceptors (Lipinski definition) is 4. The summed E-state index contributed by atoms with van der Waals surface area (Å²) in [4.78, 5) is 3.86. The van der Waals surface area contributed by atoms with Gasteiger partial charge >= 0.3 is 6.18 Å². The molecule has 4 rings (SSSR count). The van der Waals surface area contributed by atoms with Gasteiger partial charge in [0.2, 0.25) is 10.0 Å². The lowest BCUT2D eigenvalue weighted by Crippen LogP contribution is -2.32. The molecule has 2 aromatic heterocycles. The molecule has 1 aliphatic heterocycles. The maximum atomic E-state index is 13.2. The van der Waals surface area contributed by atoms with Crippen molar-refractivity contribution in [2.45, 2.75) is 36.9 Å². The summed E-state index contributed by atoms with van der Waals surface area (Å²) in [5, 5.41) is 4.38. The molecule has 3 heterocycles. The predicted octanol–water partition coefficient (Wildman–Crippen LogP) is 3.58. The van der Waals surface area contributed by atoms with Gasteiger partial charge in [0.1, 0.15) is 0 Å². The van der Waals surface area contributed by atoms with Crippen molar-refractivity contribution in [2.75, 3.05) is 6.54 Å². The van der Waals surface area contributed by atoms with Crippen LogP contribution in [0.3, 0.4) is 0 Å². The second-order valence-corrected chi connectivity index (χ2v) is 8.62. The summed E-state index contributed by atoms with van der Waals surface area (Å²) in [6, 6.07) is 6.81. The van der Waals surface area contributed by atoms with Crippen molar-refractivity contribution < 1.29 is 21.6 Å². The summed E-state index contributed by atoms with van der Waals surface area (Å²) in [6.07, 6.45) is -1.87. The van der Waals surface area contributed by atoms with Crippen molar-refractivity contribution in [1.29, 1.82) is 0 Å². The third-order valence-corrected chi connectivity index (χ3v) is 6.73. The summed E-state index contributed by atoms with van der Waals surface area (Å²) < 4.78 is 68.2. The number of rotatable bonds is 3. The highest BCUT2D eigenvalue weighted by molar-refractivity contribution is 7.89. The maximum Gasteiger partial charge on any atom is 0.416 e. The van der Waals surface area contributed by atoms with Gasteiger partial charge in [-0.15, -0.1) is 0 Å². The lowest BCUT2D eigenvalue weighted by molar-refractivity contribution is -0.137. The molecule has 0 bridgehead atoms. The fraction of sp³-hybridized carbons (Fsp3) is 0.333. The molecule has 0 aliphatic carbocycles. The van der Waals surface area contributed by atoms with Gasteiger partial charge < -0.3 is 0 Å². The maximum absolute atomic E-state index is 13.2. The van der Waals surface area contributed by atoms with Crippen molar-refractivity contribution in [3.05, 3.63) is 59.5 Å². The van der Waals surface area contributed by atoms with Crippen LogP contribution in [-0.4, -0.2) is 33.9 Å². The quantitative estimate of drug-likeness (QED) is 0.662. The number of nitrogens with zero attached hydrogens (tertiary/aromatic N) is 4. The molecule has 10 heteroatoms. The zero-order valence-electron chi connectivity index (χ0n) is 14.9. The smallest absolute Gasteiger partial charge is 0.237 e.